The van der Waals surface area contributed by atoms with E-state index >= 15 is 4.39 Å². The van der Waals surface area contributed by atoms with E-state index in [4.69, 9.17) is 4.74 Å². The molecule has 1 aromatic carbocycles. The van der Waals surface area contributed by atoms with Crippen LogP contribution in [0.1, 0.15) is 37.4 Å². The number of piperidine rings is 1. The number of methoxy groups -OCH3 is 1. The molecule has 1 saturated heterocycles. The van der Waals surface area contributed by atoms with Crippen molar-refractivity contribution in [3.63, 3.8) is 0 Å². The summed E-state index contributed by atoms with van der Waals surface area (Å²) in [6.07, 6.45) is 6.77. The number of carbonyl (C=O) groups is 1. The highest BCUT2D eigenvalue weighted by atomic mass is 32.2. The van der Waals surface area contributed by atoms with Crippen LogP contribution in [0.5, 0.6) is 5.75 Å². The lowest BCUT2D eigenvalue weighted by atomic mass is 9.81. The van der Waals surface area contributed by atoms with Gasteiger partial charge < -0.3 is 19.3 Å². The summed E-state index contributed by atoms with van der Waals surface area (Å²) in [7, 11) is 3.56. The minimum atomic E-state index is -1.18. The average molecular weight is 501 g/mol. The van der Waals surface area contributed by atoms with E-state index in [1.807, 2.05) is 36.0 Å². The molecule has 0 bridgehead atoms. The summed E-state index contributed by atoms with van der Waals surface area (Å²) in [6.45, 7) is 2.25. The Hall–Kier alpha value is -2.65. The molecular weight excluding hydrogens is 467 g/mol. The molecule has 3 aromatic rings. The maximum absolute atomic E-state index is 15.4. The van der Waals surface area contributed by atoms with Gasteiger partial charge >= 0.3 is 5.97 Å². The van der Waals surface area contributed by atoms with Crippen molar-refractivity contribution in [2.75, 3.05) is 32.5 Å². The minimum absolute atomic E-state index is 0.0217. The summed E-state index contributed by atoms with van der Waals surface area (Å²) in [4.78, 5) is 22.9. The topological polar surface area (TPSA) is 80.5 Å². The number of fused-ring (bicyclic) bond motifs is 1. The first-order chi connectivity index (χ1) is 17.0. The summed E-state index contributed by atoms with van der Waals surface area (Å²) in [6, 6.07) is 7.17. The number of alkyl halides is 1. The third kappa shape index (κ3) is 6.32. The minimum Gasteiger partial charge on any atom is -0.497 e. The fourth-order valence-corrected chi connectivity index (χ4v) is 5.76. The normalized spacial score (nSPS) is 19.6. The molecule has 0 spiro atoms. The van der Waals surface area contributed by atoms with Crippen LogP contribution in [0.2, 0.25) is 0 Å². The van der Waals surface area contributed by atoms with Gasteiger partial charge in [0.25, 0.3) is 0 Å². The lowest BCUT2D eigenvalue weighted by Crippen LogP contribution is -2.44. The largest absolute Gasteiger partial charge is 0.497 e. The number of nitrogens with zero attached hydrogens (tertiary/aromatic N) is 4. The van der Waals surface area contributed by atoms with Crippen LogP contribution in [0.4, 0.5) is 4.39 Å². The number of pyridine rings is 1. The van der Waals surface area contributed by atoms with Crippen LogP contribution in [0.25, 0.3) is 10.9 Å². The van der Waals surface area contributed by atoms with Gasteiger partial charge in [-0.25, -0.2) is 9.37 Å². The Labute approximate surface area is 209 Å². The van der Waals surface area contributed by atoms with Crippen molar-refractivity contribution in [2.24, 2.45) is 18.9 Å². The quantitative estimate of drug-likeness (QED) is 0.294. The Morgan fingerprint density at radius 1 is 1.31 bits per heavy atom. The zero-order valence-electron chi connectivity index (χ0n) is 20.3. The number of aromatic nitrogens is 3. The van der Waals surface area contributed by atoms with E-state index in [2.05, 4.69) is 14.9 Å². The van der Waals surface area contributed by atoms with Gasteiger partial charge in [0.1, 0.15) is 11.9 Å². The number of benzene rings is 1. The molecule has 3 atom stereocenters. The van der Waals surface area contributed by atoms with Gasteiger partial charge in [-0.2, -0.15) is 0 Å². The summed E-state index contributed by atoms with van der Waals surface area (Å²) in [5.41, 5.74) is 1.31. The summed E-state index contributed by atoms with van der Waals surface area (Å²) in [5.74, 6) is 0.336. The molecule has 1 N–H and O–H groups in total. The van der Waals surface area contributed by atoms with Gasteiger partial charge in [0.05, 0.1) is 18.5 Å². The zero-order chi connectivity index (χ0) is 24.8. The molecule has 0 aliphatic carbocycles. The molecule has 1 fully saturated rings. The van der Waals surface area contributed by atoms with E-state index in [0.29, 0.717) is 30.7 Å². The number of carboxylic acid groups (broad SMARTS) is 1. The highest BCUT2D eigenvalue weighted by Crippen LogP contribution is 2.35. The summed E-state index contributed by atoms with van der Waals surface area (Å²) >= 11 is 1.72. The maximum Gasteiger partial charge on any atom is 0.308 e. The fourth-order valence-electron chi connectivity index (χ4n) is 4.90. The third-order valence-corrected chi connectivity index (χ3v) is 8.04. The second-order valence-corrected chi connectivity index (χ2v) is 10.2. The third-order valence-electron chi connectivity index (χ3n) is 6.89. The number of hydrogen-bond donors (Lipinski definition) is 1. The second kappa shape index (κ2) is 11.9. The number of halogens is 1. The van der Waals surface area contributed by atoms with Crippen molar-refractivity contribution >= 4 is 28.6 Å². The molecule has 2 aromatic heterocycles. The Morgan fingerprint density at radius 3 is 2.91 bits per heavy atom. The van der Waals surface area contributed by atoms with Crippen molar-refractivity contribution in [3.8, 4) is 5.75 Å². The molecule has 0 amide bonds. The molecule has 188 valence electrons. The number of imidazole rings is 1. The Morgan fingerprint density at radius 2 is 2.17 bits per heavy atom. The van der Waals surface area contributed by atoms with Gasteiger partial charge in [-0.3, -0.25) is 9.78 Å². The standard InChI is InChI=1S/C26H33FN4O3S/c1-30-14-11-29-26(30)35-15-3-12-31-13-9-18(22(17-31)25(32)33)4-6-23(27)20-8-10-28-24-7-5-19(34-2)16-21(20)24/h5,7-8,10-11,14,16,18,22-23H,3-4,6,9,12-13,15,17H2,1-2H3,(H,32,33)/t18-,22+,23-/m1/s1. The first-order valence-corrected chi connectivity index (χ1v) is 13.1. The van der Waals surface area contributed by atoms with Crippen LogP contribution >= 0.6 is 11.8 Å². The number of aryl methyl sites for hydroxylation is 1. The number of ether oxygens (including phenoxy) is 1. The first-order valence-electron chi connectivity index (χ1n) is 12.1. The molecule has 3 heterocycles. The Bertz CT molecular complexity index is 1140. The maximum atomic E-state index is 15.4. The molecule has 7 nitrogen and oxygen atoms in total. The monoisotopic (exact) mass is 500 g/mol. The van der Waals surface area contributed by atoms with Crippen molar-refractivity contribution in [2.45, 2.75) is 37.0 Å². The van der Waals surface area contributed by atoms with Crippen LogP contribution in [0, 0.1) is 11.8 Å². The van der Waals surface area contributed by atoms with Crippen LogP contribution in [0.15, 0.2) is 48.0 Å². The number of aliphatic carboxylic acids is 1. The van der Waals surface area contributed by atoms with Crippen molar-refractivity contribution in [1.82, 2.24) is 19.4 Å². The van der Waals surface area contributed by atoms with E-state index in [1.54, 1.807) is 37.3 Å². The number of rotatable bonds is 11. The van der Waals surface area contributed by atoms with Gasteiger partial charge in [0.2, 0.25) is 0 Å². The highest BCUT2D eigenvalue weighted by Gasteiger charge is 2.34. The summed E-state index contributed by atoms with van der Waals surface area (Å²) in [5, 5.41) is 11.6. The molecule has 0 radical (unpaired) electrons. The molecule has 0 unspecified atom stereocenters. The van der Waals surface area contributed by atoms with Crippen molar-refractivity contribution in [3.05, 3.63) is 48.4 Å². The van der Waals surface area contributed by atoms with E-state index < -0.39 is 18.1 Å². The Balaban J connectivity index is 1.30. The summed E-state index contributed by atoms with van der Waals surface area (Å²) < 4.78 is 22.7. The molecule has 35 heavy (non-hydrogen) atoms. The molecule has 4 rings (SSSR count). The lowest BCUT2D eigenvalue weighted by Gasteiger charge is -2.36. The molecule has 1 aliphatic heterocycles. The average Bonchev–Trinajstić information content (AvgIpc) is 3.29. The van der Waals surface area contributed by atoms with Crippen molar-refractivity contribution in [1.29, 1.82) is 0 Å². The van der Waals surface area contributed by atoms with Crippen LogP contribution in [0.3, 0.4) is 0 Å². The molecule has 1 aliphatic rings. The molecule has 9 heteroatoms. The highest BCUT2D eigenvalue weighted by molar-refractivity contribution is 7.99. The van der Waals surface area contributed by atoms with Gasteiger partial charge in [0.15, 0.2) is 5.16 Å². The second-order valence-electron chi connectivity index (χ2n) is 9.14. The molecule has 0 saturated carbocycles. The first kappa shape index (κ1) is 25.4. The fraction of sp³-hybridized carbons (Fsp3) is 0.500. The van der Waals surface area contributed by atoms with E-state index in [1.165, 1.54) is 0 Å². The number of carboxylic acids is 1. The number of thioether (sulfide) groups is 1. The smallest absolute Gasteiger partial charge is 0.308 e. The van der Waals surface area contributed by atoms with E-state index in [-0.39, 0.29) is 5.92 Å². The van der Waals surface area contributed by atoms with Crippen LogP contribution in [-0.4, -0.2) is 63.0 Å². The lowest BCUT2D eigenvalue weighted by molar-refractivity contribution is -0.146. The number of hydrogen-bond acceptors (Lipinski definition) is 6. The van der Waals surface area contributed by atoms with Gasteiger partial charge in [-0.05, 0) is 74.5 Å². The molecular formula is C26H33FN4O3S. The zero-order valence-corrected chi connectivity index (χ0v) is 21.1. The van der Waals surface area contributed by atoms with E-state index in [0.717, 1.165) is 47.7 Å². The van der Waals surface area contributed by atoms with E-state index in [9.17, 15) is 9.90 Å². The predicted octanol–water partition coefficient (Wildman–Crippen LogP) is 4.97. The van der Waals surface area contributed by atoms with Crippen LogP contribution in [-0.2, 0) is 11.8 Å². The van der Waals surface area contributed by atoms with Crippen LogP contribution < -0.4 is 4.74 Å². The SMILES string of the molecule is COc1ccc2nccc([C@H](F)CC[C@@H]3CCN(CCCSc4nccn4C)C[C@@H]3C(=O)O)c2c1. The van der Waals surface area contributed by atoms with Gasteiger partial charge in [0, 0.05) is 43.3 Å². The predicted molar refractivity (Wildman–Crippen MR) is 136 cm³/mol. The van der Waals surface area contributed by atoms with Gasteiger partial charge in [-0.15, -0.1) is 0 Å². The van der Waals surface area contributed by atoms with Gasteiger partial charge in [-0.1, -0.05) is 11.8 Å². The Kier molecular flexibility index (Phi) is 8.62. The van der Waals surface area contributed by atoms with Crippen molar-refractivity contribution < 1.29 is 19.0 Å². The number of likely N-dealkylation sites (tertiary alicyclic amines) is 1.